The Hall–Kier alpha value is -0.930. The summed E-state index contributed by atoms with van der Waals surface area (Å²) in [4.78, 5) is 4.30. The van der Waals surface area contributed by atoms with Crippen molar-refractivity contribution in [1.29, 1.82) is 0 Å². The number of amidine groups is 1. The van der Waals surface area contributed by atoms with Crippen LogP contribution >= 0.6 is 0 Å². The quantitative estimate of drug-likeness (QED) is 0.422. The lowest BCUT2D eigenvalue weighted by Gasteiger charge is -1.82. The summed E-state index contributed by atoms with van der Waals surface area (Å²) in [6, 6.07) is 0.106. The summed E-state index contributed by atoms with van der Waals surface area (Å²) < 4.78 is 4.46. The monoisotopic (exact) mass is 88.0 g/mol. The van der Waals surface area contributed by atoms with E-state index >= 15 is 0 Å². The van der Waals surface area contributed by atoms with Gasteiger partial charge in [0.2, 0.25) is 0 Å². The maximum atomic E-state index is 4.94. The van der Waals surface area contributed by atoms with Gasteiger partial charge >= 0.3 is 6.02 Å². The van der Waals surface area contributed by atoms with Crippen LogP contribution in [-0.4, -0.2) is 12.8 Å². The van der Waals surface area contributed by atoms with Gasteiger partial charge < -0.3 is 15.3 Å². The molecule has 0 fully saturated rings. The van der Waals surface area contributed by atoms with Gasteiger partial charge in [0.1, 0.15) is 0 Å². The minimum Gasteiger partial charge on any atom is -0.423 e. The first-order chi connectivity index (χ1) is 2.89. The second-order valence-electron chi connectivity index (χ2n) is 0.821. The third-order valence-corrected chi connectivity index (χ3v) is 0.414. The van der Waals surface area contributed by atoms with Crippen molar-refractivity contribution in [3.63, 3.8) is 0 Å². The van der Waals surface area contributed by atoms with Gasteiger partial charge in [-0.25, -0.2) is 0 Å². The Balaban J connectivity index is 2.45. The molecule has 34 valence electrons. The molecule has 1 heterocycles. The number of hydrogen-bond donors (Lipinski definition) is 1. The molecule has 6 heavy (non-hydrogen) atoms. The summed E-state index contributed by atoms with van der Waals surface area (Å²) in [5.41, 5.74) is 4.94. The van der Waals surface area contributed by atoms with Gasteiger partial charge in [0, 0.05) is 0 Å². The predicted molar refractivity (Wildman–Crippen MR) is 18.7 cm³/mol. The molecule has 0 saturated carbocycles. The van der Waals surface area contributed by atoms with Crippen molar-refractivity contribution in [2.24, 2.45) is 10.9 Å². The first-order valence-corrected chi connectivity index (χ1v) is 1.48. The molecule has 0 aromatic heterocycles. The molecule has 0 spiro atoms. The SMILES string of the molecule is NC1=NOCO1. The van der Waals surface area contributed by atoms with E-state index in [-0.39, 0.29) is 12.8 Å². The molecule has 0 aromatic rings. The largest absolute Gasteiger partial charge is 0.423 e. The molecule has 1 rings (SSSR count). The second-order valence-corrected chi connectivity index (χ2v) is 0.821. The molecule has 1 aliphatic heterocycles. The van der Waals surface area contributed by atoms with Gasteiger partial charge in [-0.15, -0.1) is 0 Å². The molecule has 1 aliphatic rings. The fourth-order valence-corrected chi connectivity index (χ4v) is 0.203. The molecule has 0 amide bonds. The predicted octanol–water partition coefficient (Wildman–Crippen LogP) is -0.780. The van der Waals surface area contributed by atoms with Crippen LogP contribution in [0.3, 0.4) is 0 Å². The van der Waals surface area contributed by atoms with Crippen LogP contribution in [0.5, 0.6) is 0 Å². The summed E-state index contributed by atoms with van der Waals surface area (Å²) in [6.45, 7) is 0.159. The molecular formula is C2H4N2O2. The van der Waals surface area contributed by atoms with Crippen molar-refractivity contribution in [1.82, 2.24) is 0 Å². The summed E-state index contributed by atoms with van der Waals surface area (Å²) in [5, 5.41) is 3.21. The van der Waals surface area contributed by atoms with E-state index in [1.807, 2.05) is 0 Å². The molecule has 4 nitrogen and oxygen atoms in total. The van der Waals surface area contributed by atoms with Crippen LogP contribution in [0.25, 0.3) is 0 Å². The van der Waals surface area contributed by atoms with Gasteiger partial charge in [-0.1, -0.05) is 0 Å². The van der Waals surface area contributed by atoms with Crippen LogP contribution in [0.1, 0.15) is 0 Å². The van der Waals surface area contributed by atoms with E-state index in [9.17, 15) is 0 Å². The first kappa shape index (κ1) is 3.27. The zero-order chi connectivity index (χ0) is 4.41. The maximum Gasteiger partial charge on any atom is 0.324 e. The maximum absolute atomic E-state index is 4.94. The van der Waals surface area contributed by atoms with Crippen LogP contribution in [0.15, 0.2) is 5.16 Å². The average Bonchev–Trinajstić information content (AvgIpc) is 1.86. The zero-order valence-corrected chi connectivity index (χ0v) is 3.05. The Kier molecular flexibility index (Phi) is 0.567. The van der Waals surface area contributed by atoms with Gasteiger partial charge in [-0.2, -0.15) is 0 Å². The van der Waals surface area contributed by atoms with Crippen molar-refractivity contribution in [2.75, 3.05) is 6.79 Å². The second kappa shape index (κ2) is 1.04. The van der Waals surface area contributed by atoms with Gasteiger partial charge in [0.15, 0.2) is 0 Å². The molecule has 4 heteroatoms. The fourth-order valence-electron chi connectivity index (χ4n) is 0.203. The van der Waals surface area contributed by atoms with Crippen LogP contribution in [0.4, 0.5) is 0 Å². The highest BCUT2D eigenvalue weighted by Crippen LogP contribution is 1.87. The van der Waals surface area contributed by atoms with E-state index in [0.29, 0.717) is 0 Å². The lowest BCUT2D eigenvalue weighted by Crippen LogP contribution is -2.09. The number of nitrogens with two attached hydrogens (primary N) is 1. The van der Waals surface area contributed by atoms with E-state index in [2.05, 4.69) is 14.7 Å². The minimum absolute atomic E-state index is 0.106. The highest BCUT2D eigenvalue weighted by Gasteiger charge is 1.98. The van der Waals surface area contributed by atoms with E-state index in [1.54, 1.807) is 0 Å². The Labute approximate surface area is 34.5 Å². The van der Waals surface area contributed by atoms with Crippen molar-refractivity contribution in [3.05, 3.63) is 0 Å². The molecule has 0 atom stereocenters. The fraction of sp³-hybridized carbons (Fsp3) is 0.500. The summed E-state index contributed by atoms with van der Waals surface area (Å²) in [6.07, 6.45) is 0. The topological polar surface area (TPSA) is 56.8 Å². The van der Waals surface area contributed by atoms with Gasteiger partial charge in [-0.05, 0) is 5.16 Å². The number of ether oxygens (including phenoxy) is 1. The third-order valence-electron chi connectivity index (χ3n) is 0.414. The van der Waals surface area contributed by atoms with E-state index < -0.39 is 0 Å². The van der Waals surface area contributed by atoms with Gasteiger partial charge in [0.25, 0.3) is 6.79 Å². The normalized spacial score (nSPS) is 18.3. The first-order valence-electron chi connectivity index (χ1n) is 1.48. The smallest absolute Gasteiger partial charge is 0.324 e. The molecule has 2 N–H and O–H groups in total. The van der Waals surface area contributed by atoms with Crippen LogP contribution in [0.2, 0.25) is 0 Å². The summed E-state index contributed by atoms with van der Waals surface area (Å²) >= 11 is 0. The standard InChI is InChI=1S/C2H4N2O2/c3-2-4-6-1-5-2/h1H2,(H2,3,4). The molecule has 0 saturated heterocycles. The summed E-state index contributed by atoms with van der Waals surface area (Å²) in [7, 11) is 0. The number of oxime groups is 1. The third kappa shape index (κ3) is 0.357. The Morgan fingerprint density at radius 1 is 1.83 bits per heavy atom. The van der Waals surface area contributed by atoms with E-state index in [0.717, 1.165) is 0 Å². The molecule has 0 radical (unpaired) electrons. The van der Waals surface area contributed by atoms with Crippen molar-refractivity contribution in [3.8, 4) is 0 Å². The lowest BCUT2D eigenvalue weighted by molar-refractivity contribution is 0.0578. The summed E-state index contributed by atoms with van der Waals surface area (Å²) in [5.74, 6) is 0. The Morgan fingerprint density at radius 2 is 2.67 bits per heavy atom. The minimum atomic E-state index is 0.106. The zero-order valence-electron chi connectivity index (χ0n) is 3.05. The molecule has 0 aromatic carbocycles. The van der Waals surface area contributed by atoms with Gasteiger partial charge in [-0.3, -0.25) is 0 Å². The molecule has 0 bridgehead atoms. The number of nitrogens with zero attached hydrogens (tertiary/aromatic N) is 1. The number of hydrogen-bond acceptors (Lipinski definition) is 4. The van der Waals surface area contributed by atoms with Crippen molar-refractivity contribution >= 4 is 6.02 Å². The molecule has 0 unspecified atom stereocenters. The van der Waals surface area contributed by atoms with Gasteiger partial charge in [0.05, 0.1) is 0 Å². The van der Waals surface area contributed by atoms with Crippen LogP contribution in [-0.2, 0) is 9.57 Å². The van der Waals surface area contributed by atoms with Crippen LogP contribution < -0.4 is 5.73 Å². The van der Waals surface area contributed by atoms with Crippen molar-refractivity contribution < 1.29 is 9.57 Å². The number of rotatable bonds is 0. The average molecular weight is 88.1 g/mol. The highest BCUT2D eigenvalue weighted by atomic mass is 16.8. The highest BCUT2D eigenvalue weighted by molar-refractivity contribution is 5.71. The Morgan fingerprint density at radius 3 is 2.83 bits per heavy atom. The van der Waals surface area contributed by atoms with E-state index in [4.69, 9.17) is 5.73 Å². The molecular weight excluding hydrogens is 84.0 g/mol. The lowest BCUT2D eigenvalue weighted by atomic mass is 11.2. The van der Waals surface area contributed by atoms with Crippen molar-refractivity contribution in [2.45, 2.75) is 0 Å². The Bertz CT molecular complexity index is 79.6. The molecule has 0 aliphatic carbocycles. The van der Waals surface area contributed by atoms with E-state index in [1.165, 1.54) is 0 Å². The van der Waals surface area contributed by atoms with Crippen LogP contribution in [0, 0.1) is 0 Å².